The van der Waals surface area contributed by atoms with Crippen molar-refractivity contribution in [3.05, 3.63) is 11.0 Å². The molecule has 0 saturated heterocycles. The molecule has 0 atom stereocenters. The van der Waals surface area contributed by atoms with Crippen LogP contribution in [-0.2, 0) is 6.42 Å². The molecule has 1 fully saturated rings. The topological polar surface area (TPSA) is 63.8 Å². The minimum absolute atomic E-state index is 0.370. The predicted molar refractivity (Wildman–Crippen MR) is 80.6 cm³/mol. The number of hydrogen-bond acceptors (Lipinski definition) is 4. The first-order valence-corrected chi connectivity index (χ1v) is 7.67. The number of nitrogens with one attached hydrogen (secondary N) is 1. The average Bonchev–Trinajstić information content (AvgIpc) is 2.64. The number of hydrogen-bond donors (Lipinski definition) is 2. The van der Waals surface area contributed by atoms with Crippen molar-refractivity contribution >= 4 is 23.1 Å². The molecule has 3 N–H and O–H groups in total. The molecule has 106 valence electrons. The van der Waals surface area contributed by atoms with E-state index in [1.807, 2.05) is 0 Å². The van der Waals surface area contributed by atoms with Crippen LogP contribution in [0.25, 0.3) is 0 Å². The van der Waals surface area contributed by atoms with Gasteiger partial charge in [0, 0.05) is 12.5 Å². The van der Waals surface area contributed by atoms with Crippen LogP contribution >= 0.6 is 11.6 Å². The Hall–Kier alpha value is -1.03. The monoisotopic (exact) mass is 282 g/mol. The maximum Gasteiger partial charge on any atom is 0.157 e. The van der Waals surface area contributed by atoms with Crippen molar-refractivity contribution in [3.63, 3.8) is 0 Å². The van der Waals surface area contributed by atoms with Gasteiger partial charge in [-0.3, -0.25) is 0 Å². The number of halogens is 1. The molecular weight excluding hydrogens is 260 g/mol. The largest absolute Gasteiger partial charge is 0.393 e. The number of anilines is 2. The van der Waals surface area contributed by atoms with Gasteiger partial charge in [0.1, 0.15) is 11.5 Å². The zero-order chi connectivity index (χ0) is 13.7. The molecule has 5 heteroatoms. The fraction of sp³-hybridized carbons (Fsp3) is 0.714. The van der Waals surface area contributed by atoms with Gasteiger partial charge in [0.25, 0.3) is 0 Å². The zero-order valence-corrected chi connectivity index (χ0v) is 12.3. The van der Waals surface area contributed by atoms with E-state index < -0.39 is 0 Å². The summed E-state index contributed by atoms with van der Waals surface area (Å²) in [5, 5.41) is 3.84. The highest BCUT2D eigenvalue weighted by Gasteiger charge is 2.16. The highest BCUT2D eigenvalue weighted by molar-refractivity contribution is 6.32. The van der Waals surface area contributed by atoms with Gasteiger partial charge in [-0.05, 0) is 19.3 Å². The molecule has 1 saturated carbocycles. The number of nitrogens with two attached hydrogens (primary N) is 1. The summed E-state index contributed by atoms with van der Waals surface area (Å²) < 4.78 is 0. The second kappa shape index (κ2) is 6.94. The van der Waals surface area contributed by atoms with Crippen molar-refractivity contribution in [2.24, 2.45) is 0 Å². The molecule has 1 aromatic heterocycles. The third-order valence-corrected chi connectivity index (χ3v) is 3.90. The normalized spacial score (nSPS) is 17.2. The zero-order valence-electron chi connectivity index (χ0n) is 11.6. The number of nitrogens with zero attached hydrogens (tertiary/aromatic N) is 2. The van der Waals surface area contributed by atoms with E-state index in [4.69, 9.17) is 17.3 Å². The molecule has 1 heterocycles. The lowest BCUT2D eigenvalue weighted by Gasteiger charge is -2.19. The minimum Gasteiger partial charge on any atom is -0.393 e. The molecule has 0 unspecified atom stereocenters. The molecule has 0 spiro atoms. The lowest BCUT2D eigenvalue weighted by Crippen LogP contribution is -2.21. The van der Waals surface area contributed by atoms with Gasteiger partial charge in [-0.25, -0.2) is 9.97 Å². The summed E-state index contributed by atoms with van der Waals surface area (Å²) in [4.78, 5) is 8.74. The summed E-state index contributed by atoms with van der Waals surface area (Å²) in [6.07, 6.45) is 9.42. The molecule has 0 amide bonds. The van der Waals surface area contributed by atoms with Crippen molar-refractivity contribution in [2.45, 2.75) is 64.3 Å². The highest BCUT2D eigenvalue weighted by Crippen LogP contribution is 2.27. The van der Waals surface area contributed by atoms with E-state index in [1.165, 1.54) is 38.5 Å². The van der Waals surface area contributed by atoms with Crippen LogP contribution in [0.5, 0.6) is 0 Å². The molecule has 0 aliphatic heterocycles. The van der Waals surface area contributed by atoms with Gasteiger partial charge >= 0.3 is 0 Å². The Morgan fingerprint density at radius 1 is 1.21 bits per heavy atom. The molecule has 1 aliphatic carbocycles. The summed E-state index contributed by atoms with van der Waals surface area (Å²) in [5.74, 6) is 1.49. The minimum atomic E-state index is 0.370. The molecule has 0 aromatic carbocycles. The van der Waals surface area contributed by atoms with E-state index in [9.17, 15) is 0 Å². The van der Waals surface area contributed by atoms with Crippen molar-refractivity contribution in [2.75, 3.05) is 11.1 Å². The van der Waals surface area contributed by atoms with Gasteiger partial charge in [0.2, 0.25) is 0 Å². The Kier molecular flexibility index (Phi) is 5.25. The predicted octanol–water partition coefficient (Wildman–Crippen LogP) is 3.80. The molecule has 0 radical (unpaired) electrons. The van der Waals surface area contributed by atoms with Crippen LogP contribution in [-0.4, -0.2) is 16.0 Å². The van der Waals surface area contributed by atoms with Gasteiger partial charge in [0.15, 0.2) is 11.0 Å². The van der Waals surface area contributed by atoms with E-state index in [1.54, 1.807) is 0 Å². The van der Waals surface area contributed by atoms with E-state index >= 15 is 0 Å². The molecule has 0 bridgehead atoms. The SMILES string of the molecule is CCCc1nc(Cl)c(N)c(NC2CCCCCC2)n1. The summed E-state index contributed by atoms with van der Waals surface area (Å²) in [5.41, 5.74) is 6.46. The number of aryl methyl sites for hydroxylation is 1. The van der Waals surface area contributed by atoms with Crippen LogP contribution in [0.2, 0.25) is 5.15 Å². The maximum atomic E-state index is 6.09. The molecule has 19 heavy (non-hydrogen) atoms. The van der Waals surface area contributed by atoms with Crippen LogP contribution in [0, 0.1) is 0 Å². The summed E-state index contributed by atoms with van der Waals surface area (Å²) >= 11 is 6.09. The van der Waals surface area contributed by atoms with Crippen molar-refractivity contribution in [1.29, 1.82) is 0 Å². The summed E-state index contributed by atoms with van der Waals surface area (Å²) in [7, 11) is 0. The van der Waals surface area contributed by atoms with Gasteiger partial charge in [-0.2, -0.15) is 0 Å². The molecule has 4 nitrogen and oxygen atoms in total. The Morgan fingerprint density at radius 3 is 2.53 bits per heavy atom. The number of rotatable bonds is 4. The molecular formula is C14H23ClN4. The lowest BCUT2D eigenvalue weighted by atomic mass is 10.1. The summed E-state index contributed by atoms with van der Waals surface area (Å²) in [6.45, 7) is 2.10. The first kappa shape index (κ1) is 14.4. The second-order valence-electron chi connectivity index (χ2n) is 5.28. The molecule has 1 aromatic rings. The van der Waals surface area contributed by atoms with Crippen LogP contribution in [0.3, 0.4) is 0 Å². The van der Waals surface area contributed by atoms with Crippen LogP contribution in [0.4, 0.5) is 11.5 Å². The second-order valence-corrected chi connectivity index (χ2v) is 5.63. The fourth-order valence-corrected chi connectivity index (χ4v) is 2.74. The van der Waals surface area contributed by atoms with Gasteiger partial charge in [-0.1, -0.05) is 44.2 Å². The van der Waals surface area contributed by atoms with Crippen molar-refractivity contribution < 1.29 is 0 Å². The number of aromatic nitrogens is 2. The van der Waals surface area contributed by atoms with Gasteiger partial charge in [-0.15, -0.1) is 0 Å². The fourth-order valence-electron chi connectivity index (χ4n) is 2.55. The van der Waals surface area contributed by atoms with Crippen LogP contribution < -0.4 is 11.1 Å². The Balaban J connectivity index is 2.13. The lowest BCUT2D eigenvalue weighted by molar-refractivity contribution is 0.617. The first-order chi connectivity index (χ1) is 9.20. The van der Waals surface area contributed by atoms with Crippen LogP contribution in [0.1, 0.15) is 57.7 Å². The third-order valence-electron chi connectivity index (χ3n) is 3.62. The maximum absolute atomic E-state index is 6.09. The van der Waals surface area contributed by atoms with E-state index in [0.717, 1.165) is 24.5 Å². The van der Waals surface area contributed by atoms with Gasteiger partial charge in [0.05, 0.1) is 0 Å². The first-order valence-electron chi connectivity index (χ1n) is 7.29. The van der Waals surface area contributed by atoms with E-state index in [2.05, 4.69) is 22.2 Å². The van der Waals surface area contributed by atoms with Gasteiger partial charge < -0.3 is 11.1 Å². The van der Waals surface area contributed by atoms with Crippen LogP contribution in [0.15, 0.2) is 0 Å². The molecule has 1 aliphatic rings. The Bertz CT molecular complexity index is 414. The van der Waals surface area contributed by atoms with Crippen molar-refractivity contribution in [1.82, 2.24) is 9.97 Å². The smallest absolute Gasteiger partial charge is 0.157 e. The Morgan fingerprint density at radius 2 is 1.89 bits per heavy atom. The third kappa shape index (κ3) is 3.96. The van der Waals surface area contributed by atoms with E-state index in [0.29, 0.717) is 16.9 Å². The average molecular weight is 283 g/mol. The highest BCUT2D eigenvalue weighted by atomic mass is 35.5. The Labute approximate surface area is 120 Å². The molecule has 2 rings (SSSR count). The van der Waals surface area contributed by atoms with Crippen molar-refractivity contribution in [3.8, 4) is 0 Å². The standard InChI is InChI=1S/C14H23ClN4/c1-2-7-11-18-13(15)12(16)14(19-11)17-10-8-5-3-4-6-9-10/h10H,2-9,16H2,1H3,(H,17,18,19). The summed E-state index contributed by atoms with van der Waals surface area (Å²) in [6, 6.07) is 0.463. The van der Waals surface area contributed by atoms with E-state index in [-0.39, 0.29) is 0 Å². The quantitative estimate of drug-likeness (QED) is 0.651. The number of nitrogen functional groups attached to an aromatic ring is 1.